The van der Waals surface area contributed by atoms with Gasteiger partial charge in [-0.3, -0.25) is 9.59 Å². The van der Waals surface area contributed by atoms with Crippen molar-refractivity contribution in [1.29, 1.82) is 0 Å². The van der Waals surface area contributed by atoms with Crippen LogP contribution in [0.2, 0.25) is 0 Å². The number of amides is 2. The lowest BCUT2D eigenvalue weighted by Gasteiger charge is -2.33. The highest BCUT2D eigenvalue weighted by atomic mass is 16.2. The molecular formula is C15H21N3O2. The van der Waals surface area contributed by atoms with Crippen LogP contribution in [0.1, 0.15) is 28.9 Å². The van der Waals surface area contributed by atoms with Crippen LogP contribution in [0.5, 0.6) is 0 Å². The van der Waals surface area contributed by atoms with Crippen LogP contribution in [0, 0.1) is 0 Å². The van der Waals surface area contributed by atoms with Gasteiger partial charge in [-0.25, -0.2) is 0 Å². The Labute approximate surface area is 119 Å². The summed E-state index contributed by atoms with van der Waals surface area (Å²) in [5, 5.41) is 3.40. The number of nitrogens with zero attached hydrogens (tertiary/aromatic N) is 2. The number of hydrogen-bond acceptors (Lipinski definition) is 3. The molecule has 2 rings (SSSR count). The number of benzene rings is 1. The fourth-order valence-electron chi connectivity index (χ4n) is 2.41. The third kappa shape index (κ3) is 3.17. The molecule has 1 aliphatic heterocycles. The third-order valence-electron chi connectivity index (χ3n) is 3.56. The minimum atomic E-state index is -0.00826. The van der Waals surface area contributed by atoms with Gasteiger partial charge >= 0.3 is 0 Å². The Kier molecular flexibility index (Phi) is 4.39. The van der Waals surface area contributed by atoms with E-state index in [0.29, 0.717) is 12.1 Å². The minimum absolute atomic E-state index is 0.00826. The van der Waals surface area contributed by atoms with Crippen LogP contribution in [-0.2, 0) is 4.79 Å². The second-order valence-electron chi connectivity index (χ2n) is 5.30. The maximum absolute atomic E-state index is 12.0. The highest BCUT2D eigenvalue weighted by molar-refractivity contribution is 5.94. The van der Waals surface area contributed by atoms with E-state index in [1.54, 1.807) is 25.9 Å². The molecule has 1 aliphatic rings. The average Bonchev–Trinajstić information content (AvgIpc) is 2.46. The molecule has 1 N–H and O–H groups in total. The molecule has 108 valence electrons. The molecule has 0 saturated carbocycles. The molecule has 1 heterocycles. The van der Waals surface area contributed by atoms with Crippen LogP contribution in [0.15, 0.2) is 24.3 Å². The van der Waals surface area contributed by atoms with Crippen molar-refractivity contribution in [3.05, 3.63) is 35.4 Å². The molecular weight excluding hydrogens is 254 g/mol. The summed E-state index contributed by atoms with van der Waals surface area (Å²) in [4.78, 5) is 26.9. The molecule has 0 aromatic heterocycles. The molecule has 1 fully saturated rings. The first-order chi connectivity index (χ1) is 9.49. The molecule has 0 bridgehead atoms. The highest BCUT2D eigenvalue weighted by Gasteiger charge is 2.22. The van der Waals surface area contributed by atoms with Gasteiger partial charge in [0.15, 0.2) is 0 Å². The topological polar surface area (TPSA) is 52.7 Å². The second-order valence-corrected chi connectivity index (χ2v) is 5.30. The molecule has 0 unspecified atom stereocenters. The molecule has 5 nitrogen and oxygen atoms in total. The maximum atomic E-state index is 12.0. The van der Waals surface area contributed by atoms with Crippen LogP contribution in [0.4, 0.5) is 0 Å². The molecule has 0 radical (unpaired) electrons. The van der Waals surface area contributed by atoms with E-state index in [2.05, 4.69) is 5.32 Å². The van der Waals surface area contributed by atoms with E-state index in [-0.39, 0.29) is 17.9 Å². The summed E-state index contributed by atoms with van der Waals surface area (Å²) in [5.41, 5.74) is 1.72. The van der Waals surface area contributed by atoms with E-state index in [9.17, 15) is 9.59 Å². The van der Waals surface area contributed by atoms with Gasteiger partial charge in [-0.05, 0) is 17.7 Å². The predicted molar refractivity (Wildman–Crippen MR) is 77.5 cm³/mol. The Morgan fingerprint density at radius 2 is 2.10 bits per heavy atom. The SMILES string of the molecule is CC(=O)N1CCN[C@@H](c2cccc(C(=O)N(C)C)c2)C1. The zero-order valence-corrected chi connectivity index (χ0v) is 12.2. The summed E-state index contributed by atoms with van der Waals surface area (Å²) in [5.74, 6) is 0.0862. The fraction of sp³-hybridized carbons (Fsp3) is 0.467. The van der Waals surface area contributed by atoms with Gasteiger partial charge in [-0.15, -0.1) is 0 Å². The van der Waals surface area contributed by atoms with Crippen molar-refractivity contribution >= 4 is 11.8 Å². The fourth-order valence-corrected chi connectivity index (χ4v) is 2.41. The molecule has 1 saturated heterocycles. The van der Waals surface area contributed by atoms with Gasteiger partial charge in [-0.1, -0.05) is 12.1 Å². The van der Waals surface area contributed by atoms with Gasteiger partial charge in [0.05, 0.1) is 0 Å². The average molecular weight is 275 g/mol. The van der Waals surface area contributed by atoms with E-state index >= 15 is 0 Å². The zero-order chi connectivity index (χ0) is 14.7. The summed E-state index contributed by atoms with van der Waals surface area (Å²) < 4.78 is 0. The number of carbonyl (C=O) groups excluding carboxylic acids is 2. The molecule has 1 atom stereocenters. The van der Waals surface area contributed by atoms with Crippen molar-refractivity contribution < 1.29 is 9.59 Å². The van der Waals surface area contributed by atoms with E-state index in [0.717, 1.165) is 18.7 Å². The lowest BCUT2D eigenvalue weighted by molar-refractivity contribution is -0.130. The van der Waals surface area contributed by atoms with Gasteiger partial charge < -0.3 is 15.1 Å². The Hall–Kier alpha value is -1.88. The van der Waals surface area contributed by atoms with Crippen molar-refractivity contribution in [3.8, 4) is 0 Å². The lowest BCUT2D eigenvalue weighted by Crippen LogP contribution is -2.47. The lowest BCUT2D eigenvalue weighted by atomic mass is 10.0. The summed E-state index contributed by atoms with van der Waals surface area (Å²) in [6, 6.07) is 7.69. The summed E-state index contributed by atoms with van der Waals surface area (Å²) in [6.45, 7) is 3.75. The first-order valence-corrected chi connectivity index (χ1v) is 6.79. The number of hydrogen-bond donors (Lipinski definition) is 1. The maximum Gasteiger partial charge on any atom is 0.253 e. The second kappa shape index (κ2) is 6.05. The standard InChI is InChI=1S/C15H21N3O2/c1-11(19)18-8-7-16-14(10-18)12-5-4-6-13(9-12)15(20)17(2)3/h4-6,9,14,16H,7-8,10H2,1-3H3/t14-/m1/s1. The normalized spacial score (nSPS) is 18.8. The van der Waals surface area contributed by atoms with E-state index in [1.165, 1.54) is 0 Å². The smallest absolute Gasteiger partial charge is 0.253 e. The zero-order valence-electron chi connectivity index (χ0n) is 12.2. The van der Waals surface area contributed by atoms with E-state index in [1.807, 2.05) is 29.2 Å². The number of nitrogens with one attached hydrogen (secondary N) is 1. The van der Waals surface area contributed by atoms with E-state index in [4.69, 9.17) is 0 Å². The molecule has 0 spiro atoms. The minimum Gasteiger partial charge on any atom is -0.345 e. The Morgan fingerprint density at radius 1 is 1.35 bits per heavy atom. The van der Waals surface area contributed by atoms with Gasteiger partial charge in [0.25, 0.3) is 5.91 Å². The Bertz CT molecular complexity index is 514. The molecule has 5 heteroatoms. The van der Waals surface area contributed by atoms with Crippen LogP contribution in [0.3, 0.4) is 0 Å². The van der Waals surface area contributed by atoms with Crippen molar-refractivity contribution in [2.24, 2.45) is 0 Å². The highest BCUT2D eigenvalue weighted by Crippen LogP contribution is 2.19. The largest absolute Gasteiger partial charge is 0.345 e. The Morgan fingerprint density at radius 3 is 2.75 bits per heavy atom. The molecule has 0 aliphatic carbocycles. The monoisotopic (exact) mass is 275 g/mol. The molecule has 20 heavy (non-hydrogen) atoms. The van der Waals surface area contributed by atoms with Gasteiger partial charge in [0.1, 0.15) is 0 Å². The quantitative estimate of drug-likeness (QED) is 0.872. The van der Waals surface area contributed by atoms with E-state index < -0.39 is 0 Å². The van der Waals surface area contributed by atoms with Crippen molar-refractivity contribution in [3.63, 3.8) is 0 Å². The van der Waals surface area contributed by atoms with Crippen molar-refractivity contribution in [2.75, 3.05) is 33.7 Å². The van der Waals surface area contributed by atoms with Gasteiger partial charge in [0.2, 0.25) is 5.91 Å². The van der Waals surface area contributed by atoms with Gasteiger partial charge in [-0.2, -0.15) is 0 Å². The van der Waals surface area contributed by atoms with Crippen LogP contribution in [0.25, 0.3) is 0 Å². The van der Waals surface area contributed by atoms with Crippen LogP contribution in [-0.4, -0.2) is 55.3 Å². The molecule has 2 amide bonds. The number of rotatable bonds is 2. The first kappa shape index (κ1) is 14.5. The van der Waals surface area contributed by atoms with Crippen molar-refractivity contribution in [2.45, 2.75) is 13.0 Å². The van der Waals surface area contributed by atoms with Crippen LogP contribution < -0.4 is 5.32 Å². The van der Waals surface area contributed by atoms with Crippen LogP contribution >= 0.6 is 0 Å². The molecule has 1 aromatic rings. The summed E-state index contributed by atoms with van der Waals surface area (Å²) >= 11 is 0. The number of carbonyl (C=O) groups is 2. The Balaban J connectivity index is 2.18. The van der Waals surface area contributed by atoms with Crippen molar-refractivity contribution in [1.82, 2.24) is 15.1 Å². The summed E-state index contributed by atoms with van der Waals surface area (Å²) in [6.07, 6.45) is 0. The molecule has 1 aromatic carbocycles. The third-order valence-corrected chi connectivity index (χ3v) is 3.56. The predicted octanol–water partition coefficient (Wildman–Crippen LogP) is 0.881. The number of piperazine rings is 1. The van der Waals surface area contributed by atoms with Gasteiger partial charge in [0, 0.05) is 52.3 Å². The first-order valence-electron chi connectivity index (χ1n) is 6.79. The summed E-state index contributed by atoms with van der Waals surface area (Å²) in [7, 11) is 3.48.